The van der Waals surface area contributed by atoms with Gasteiger partial charge in [0.2, 0.25) is 0 Å². The lowest BCUT2D eigenvalue weighted by Crippen LogP contribution is -2.25. The molecule has 8 heteroatoms. The fraction of sp³-hybridized carbons (Fsp3) is 0.185. The molecular formula is C27H26N4O3S. The maximum absolute atomic E-state index is 12.8. The van der Waals surface area contributed by atoms with Crippen LogP contribution >= 0.6 is 11.8 Å². The van der Waals surface area contributed by atoms with Gasteiger partial charge in [0.05, 0.1) is 29.6 Å². The number of amides is 1. The number of unbranched alkanes of at least 4 members (excludes halogenated alkanes) is 1. The summed E-state index contributed by atoms with van der Waals surface area (Å²) >= 11 is 1.53. The molecule has 0 aliphatic rings. The van der Waals surface area contributed by atoms with Crippen LogP contribution in [0.1, 0.15) is 41.0 Å². The number of H-pyrrole nitrogens is 1. The molecule has 0 radical (unpaired) electrons. The van der Waals surface area contributed by atoms with Crippen LogP contribution in [0.2, 0.25) is 0 Å². The van der Waals surface area contributed by atoms with Crippen LogP contribution in [0.4, 0.5) is 0 Å². The quantitative estimate of drug-likeness (QED) is 0.232. The Hall–Kier alpha value is -3.91. The lowest BCUT2D eigenvalue weighted by atomic mass is 10.2. The number of nitrogens with one attached hydrogen (secondary N) is 2. The number of benzene rings is 2. The third kappa shape index (κ3) is 6.58. The molecule has 0 unspecified atom stereocenters. The molecule has 0 saturated heterocycles. The number of hydrogen-bond donors (Lipinski definition) is 2. The molecule has 0 aliphatic carbocycles. The maximum Gasteiger partial charge on any atom is 0.305 e. The van der Waals surface area contributed by atoms with Crippen molar-refractivity contribution in [1.29, 1.82) is 0 Å². The molecule has 4 aromatic rings. The molecular weight excluding hydrogens is 460 g/mol. The average molecular weight is 487 g/mol. The number of hydrogen-bond acceptors (Lipinski definition) is 6. The SMILES string of the molecule is COC(=O)CCCCNC(=O)c1ccccc1Sc1ccc2c(C=Cc3ccccn3)n[nH]c2c1. The molecule has 2 aromatic heterocycles. The Morgan fingerprint density at radius 3 is 2.74 bits per heavy atom. The predicted molar refractivity (Wildman–Crippen MR) is 138 cm³/mol. The molecule has 0 aliphatic heterocycles. The number of aromatic amines is 1. The van der Waals surface area contributed by atoms with Gasteiger partial charge < -0.3 is 10.1 Å². The number of ether oxygens (including phenoxy) is 1. The van der Waals surface area contributed by atoms with E-state index in [1.165, 1.54) is 18.9 Å². The van der Waals surface area contributed by atoms with Gasteiger partial charge in [0.25, 0.3) is 5.91 Å². The summed E-state index contributed by atoms with van der Waals surface area (Å²) in [7, 11) is 1.38. The first-order valence-electron chi connectivity index (χ1n) is 11.3. The van der Waals surface area contributed by atoms with Gasteiger partial charge in [0.1, 0.15) is 0 Å². The number of carbonyl (C=O) groups excluding carboxylic acids is 2. The standard InChI is InChI=1S/C27H26N4O3S/c1-34-26(32)11-5-7-17-29-27(33)22-9-2-3-10-25(22)35-20-13-14-21-23(30-31-24(21)18-20)15-12-19-8-4-6-16-28-19/h2-4,6,8-10,12-16,18H,5,7,11,17H2,1H3,(H,29,33)(H,30,31). The smallest absolute Gasteiger partial charge is 0.305 e. The Balaban J connectivity index is 1.41. The average Bonchev–Trinajstić information content (AvgIpc) is 3.30. The Labute approximate surface area is 208 Å². The number of esters is 1. The molecule has 4 rings (SSSR count). The second-order valence-electron chi connectivity index (χ2n) is 7.79. The first-order chi connectivity index (χ1) is 17.1. The van der Waals surface area contributed by atoms with E-state index in [2.05, 4.69) is 25.2 Å². The Bertz CT molecular complexity index is 1330. The minimum Gasteiger partial charge on any atom is -0.469 e. The molecule has 2 aromatic carbocycles. The molecule has 0 fully saturated rings. The summed E-state index contributed by atoms with van der Waals surface area (Å²) in [5, 5.41) is 11.5. The first-order valence-corrected chi connectivity index (χ1v) is 12.1. The van der Waals surface area contributed by atoms with Crippen molar-refractivity contribution in [1.82, 2.24) is 20.5 Å². The minimum absolute atomic E-state index is 0.129. The van der Waals surface area contributed by atoms with Gasteiger partial charge in [-0.05, 0) is 67.5 Å². The van der Waals surface area contributed by atoms with Crippen molar-refractivity contribution in [2.24, 2.45) is 0 Å². The highest BCUT2D eigenvalue weighted by Crippen LogP contribution is 2.33. The second-order valence-corrected chi connectivity index (χ2v) is 8.91. The van der Waals surface area contributed by atoms with E-state index < -0.39 is 0 Å². The zero-order chi connectivity index (χ0) is 24.5. The number of fused-ring (bicyclic) bond motifs is 1. The fourth-order valence-electron chi connectivity index (χ4n) is 3.51. The normalized spacial score (nSPS) is 11.1. The van der Waals surface area contributed by atoms with E-state index in [4.69, 9.17) is 0 Å². The van der Waals surface area contributed by atoms with Gasteiger partial charge in [-0.2, -0.15) is 5.10 Å². The van der Waals surface area contributed by atoms with Gasteiger partial charge in [-0.15, -0.1) is 0 Å². The van der Waals surface area contributed by atoms with Crippen molar-refractivity contribution < 1.29 is 14.3 Å². The van der Waals surface area contributed by atoms with Crippen molar-refractivity contribution in [2.45, 2.75) is 29.1 Å². The summed E-state index contributed by atoms with van der Waals surface area (Å²) in [6.45, 7) is 0.504. The van der Waals surface area contributed by atoms with Crippen LogP contribution < -0.4 is 5.32 Å². The summed E-state index contributed by atoms with van der Waals surface area (Å²) in [5.74, 6) is -0.362. The molecule has 0 spiro atoms. The molecule has 2 heterocycles. The lowest BCUT2D eigenvalue weighted by Gasteiger charge is -2.10. The highest BCUT2D eigenvalue weighted by Gasteiger charge is 2.13. The topological polar surface area (TPSA) is 97.0 Å². The zero-order valence-corrected chi connectivity index (χ0v) is 20.2. The highest BCUT2D eigenvalue weighted by atomic mass is 32.2. The fourth-order valence-corrected chi connectivity index (χ4v) is 4.50. The largest absolute Gasteiger partial charge is 0.469 e. The number of methoxy groups -OCH3 is 1. The van der Waals surface area contributed by atoms with Gasteiger partial charge in [0.15, 0.2) is 0 Å². The van der Waals surface area contributed by atoms with Crippen LogP contribution in [-0.2, 0) is 9.53 Å². The van der Waals surface area contributed by atoms with Crippen LogP contribution in [0.25, 0.3) is 23.1 Å². The Kier molecular flexibility index (Phi) is 8.30. The maximum atomic E-state index is 12.8. The molecule has 35 heavy (non-hydrogen) atoms. The van der Waals surface area contributed by atoms with Crippen molar-refractivity contribution in [2.75, 3.05) is 13.7 Å². The molecule has 0 bridgehead atoms. The van der Waals surface area contributed by atoms with Crippen LogP contribution in [0.15, 0.2) is 76.7 Å². The van der Waals surface area contributed by atoms with Gasteiger partial charge >= 0.3 is 5.97 Å². The number of aromatic nitrogens is 3. The highest BCUT2D eigenvalue weighted by molar-refractivity contribution is 7.99. The minimum atomic E-state index is -0.233. The molecule has 2 N–H and O–H groups in total. The van der Waals surface area contributed by atoms with Crippen LogP contribution in [0.5, 0.6) is 0 Å². The molecule has 7 nitrogen and oxygen atoms in total. The van der Waals surface area contributed by atoms with E-state index in [0.717, 1.165) is 32.1 Å². The van der Waals surface area contributed by atoms with Crippen LogP contribution in [0, 0.1) is 0 Å². The summed E-state index contributed by atoms with van der Waals surface area (Å²) in [5.41, 5.74) is 3.25. The third-order valence-electron chi connectivity index (χ3n) is 5.34. The number of pyridine rings is 1. The zero-order valence-electron chi connectivity index (χ0n) is 19.4. The number of carbonyl (C=O) groups is 2. The lowest BCUT2D eigenvalue weighted by molar-refractivity contribution is -0.140. The molecule has 0 atom stereocenters. The third-order valence-corrected chi connectivity index (χ3v) is 6.41. The van der Waals surface area contributed by atoms with E-state index in [-0.39, 0.29) is 11.9 Å². The Morgan fingerprint density at radius 1 is 1.06 bits per heavy atom. The van der Waals surface area contributed by atoms with Crippen molar-refractivity contribution in [3.63, 3.8) is 0 Å². The molecule has 1 amide bonds. The van der Waals surface area contributed by atoms with E-state index in [0.29, 0.717) is 31.4 Å². The van der Waals surface area contributed by atoms with Crippen molar-refractivity contribution in [3.8, 4) is 0 Å². The summed E-state index contributed by atoms with van der Waals surface area (Å²) in [6, 6.07) is 19.4. The summed E-state index contributed by atoms with van der Waals surface area (Å²) in [4.78, 5) is 30.1. The van der Waals surface area contributed by atoms with Gasteiger partial charge in [-0.25, -0.2) is 0 Å². The molecule has 0 saturated carbocycles. The van der Waals surface area contributed by atoms with Gasteiger partial charge in [0, 0.05) is 34.3 Å². The van der Waals surface area contributed by atoms with E-state index in [9.17, 15) is 9.59 Å². The van der Waals surface area contributed by atoms with Crippen molar-refractivity contribution in [3.05, 3.63) is 83.8 Å². The van der Waals surface area contributed by atoms with Gasteiger partial charge in [-0.1, -0.05) is 30.0 Å². The van der Waals surface area contributed by atoms with E-state index in [1.807, 2.05) is 72.8 Å². The van der Waals surface area contributed by atoms with Crippen LogP contribution in [-0.4, -0.2) is 40.7 Å². The molecule has 178 valence electrons. The predicted octanol–water partition coefficient (Wildman–Crippen LogP) is 5.35. The van der Waals surface area contributed by atoms with E-state index in [1.54, 1.807) is 6.20 Å². The number of nitrogens with zero attached hydrogens (tertiary/aromatic N) is 2. The van der Waals surface area contributed by atoms with Gasteiger partial charge in [-0.3, -0.25) is 19.7 Å². The Morgan fingerprint density at radius 2 is 1.91 bits per heavy atom. The first kappa shape index (κ1) is 24.2. The number of rotatable bonds is 10. The second kappa shape index (κ2) is 12.0. The van der Waals surface area contributed by atoms with E-state index >= 15 is 0 Å². The summed E-state index contributed by atoms with van der Waals surface area (Å²) < 4.78 is 4.64. The monoisotopic (exact) mass is 486 g/mol. The van der Waals surface area contributed by atoms with Crippen molar-refractivity contribution >= 4 is 46.7 Å². The summed E-state index contributed by atoms with van der Waals surface area (Å²) in [6.07, 6.45) is 7.38. The van der Waals surface area contributed by atoms with Crippen LogP contribution in [0.3, 0.4) is 0 Å².